The van der Waals surface area contributed by atoms with Crippen LogP contribution in [-0.2, 0) is 9.53 Å². The van der Waals surface area contributed by atoms with Crippen molar-refractivity contribution >= 4 is 47.2 Å². The van der Waals surface area contributed by atoms with Crippen molar-refractivity contribution in [1.82, 2.24) is 10.2 Å². The van der Waals surface area contributed by atoms with Crippen LogP contribution in [0.3, 0.4) is 0 Å². The van der Waals surface area contributed by atoms with Crippen molar-refractivity contribution in [1.29, 1.82) is 0 Å². The van der Waals surface area contributed by atoms with E-state index in [1.54, 1.807) is 11.3 Å². The van der Waals surface area contributed by atoms with E-state index in [2.05, 4.69) is 40.9 Å². The number of ether oxygens (including phenoxy) is 1. The Morgan fingerprint density at radius 2 is 2.21 bits per heavy atom. The maximum atomic E-state index is 11.6. The van der Waals surface area contributed by atoms with Gasteiger partial charge in [0, 0.05) is 32.1 Å². The van der Waals surface area contributed by atoms with Crippen LogP contribution in [0.2, 0.25) is 0 Å². The van der Waals surface area contributed by atoms with Gasteiger partial charge in [-0.1, -0.05) is 6.92 Å². The maximum absolute atomic E-state index is 11.6. The van der Waals surface area contributed by atoms with Crippen LogP contribution in [0.4, 0.5) is 0 Å². The van der Waals surface area contributed by atoms with Crippen molar-refractivity contribution in [2.24, 2.45) is 10.9 Å². The van der Waals surface area contributed by atoms with Gasteiger partial charge >= 0.3 is 5.97 Å². The largest absolute Gasteiger partial charge is 0.469 e. The summed E-state index contributed by atoms with van der Waals surface area (Å²) in [4.78, 5) is 18.7. The summed E-state index contributed by atoms with van der Waals surface area (Å²) in [6.07, 6.45) is 1.66. The normalized spacial score (nSPS) is 17.1. The molecule has 1 aromatic heterocycles. The molecule has 7 heteroatoms. The number of guanidine groups is 1. The third-order valence-corrected chi connectivity index (χ3v) is 4.99. The molecule has 1 saturated heterocycles. The fourth-order valence-electron chi connectivity index (χ4n) is 2.80. The van der Waals surface area contributed by atoms with Crippen LogP contribution in [0.25, 0.3) is 0 Å². The summed E-state index contributed by atoms with van der Waals surface area (Å²) >= 11 is 1.73. The molecule has 1 aliphatic heterocycles. The number of hydrogen-bond acceptors (Lipinski definition) is 4. The number of carbonyl (C=O) groups excluding carboxylic acids is 1. The standard InChI is InChI=1S/C17H27N3O2S.HI/c1-4-18-17(19-11-13(2)15-7-10-23-12-15)20-8-5-14(6-9-20)16(21)22-3;/h7,10,12-14H,4-6,8-9,11H2,1-3H3,(H,18,19);1H. The molecule has 1 unspecified atom stereocenters. The number of nitrogens with one attached hydrogen (secondary N) is 1. The molecular formula is C17H28IN3O2S. The second-order valence-electron chi connectivity index (χ2n) is 5.94. The molecule has 0 aliphatic carbocycles. The molecule has 0 bridgehead atoms. The first-order valence-corrected chi connectivity index (χ1v) is 9.23. The lowest BCUT2D eigenvalue weighted by atomic mass is 9.97. The van der Waals surface area contributed by atoms with E-state index in [-0.39, 0.29) is 35.9 Å². The molecule has 1 aliphatic rings. The van der Waals surface area contributed by atoms with E-state index in [0.29, 0.717) is 5.92 Å². The molecule has 0 radical (unpaired) electrons. The molecule has 0 aromatic carbocycles. The molecule has 136 valence electrons. The fraction of sp³-hybridized carbons (Fsp3) is 0.647. The number of halogens is 1. The van der Waals surface area contributed by atoms with Crippen LogP contribution < -0.4 is 5.32 Å². The lowest BCUT2D eigenvalue weighted by Gasteiger charge is -2.33. The highest BCUT2D eigenvalue weighted by Crippen LogP contribution is 2.20. The quantitative estimate of drug-likeness (QED) is 0.314. The van der Waals surface area contributed by atoms with E-state index < -0.39 is 0 Å². The Morgan fingerprint density at radius 3 is 2.75 bits per heavy atom. The molecule has 1 aromatic rings. The minimum atomic E-state index is -0.0855. The Kier molecular flexibility index (Phi) is 9.65. The van der Waals surface area contributed by atoms with E-state index in [0.717, 1.165) is 45.0 Å². The van der Waals surface area contributed by atoms with Crippen LogP contribution in [0.15, 0.2) is 21.8 Å². The number of piperidine rings is 1. The number of methoxy groups -OCH3 is 1. The predicted molar refractivity (Wildman–Crippen MR) is 110 cm³/mol. The maximum Gasteiger partial charge on any atom is 0.308 e. The van der Waals surface area contributed by atoms with Crippen molar-refractivity contribution in [3.63, 3.8) is 0 Å². The Hall–Kier alpha value is -0.830. The zero-order valence-electron chi connectivity index (χ0n) is 14.7. The number of thiophene rings is 1. The summed E-state index contributed by atoms with van der Waals surface area (Å²) in [7, 11) is 1.46. The Balaban J connectivity index is 0.00000288. The SMILES string of the molecule is CCNC(=NCC(C)c1ccsc1)N1CCC(C(=O)OC)CC1.I. The summed E-state index contributed by atoms with van der Waals surface area (Å²) < 4.78 is 4.85. The van der Waals surface area contributed by atoms with Gasteiger partial charge in [0.1, 0.15) is 0 Å². The second-order valence-corrected chi connectivity index (χ2v) is 6.72. The van der Waals surface area contributed by atoms with Crippen LogP contribution in [0.5, 0.6) is 0 Å². The van der Waals surface area contributed by atoms with E-state index in [4.69, 9.17) is 9.73 Å². The number of aliphatic imine (C=N–C) groups is 1. The topological polar surface area (TPSA) is 53.9 Å². The third-order valence-electron chi connectivity index (χ3n) is 4.29. The van der Waals surface area contributed by atoms with Crippen molar-refractivity contribution in [2.75, 3.05) is 33.3 Å². The number of esters is 1. The molecule has 1 N–H and O–H groups in total. The molecule has 1 fully saturated rings. The zero-order chi connectivity index (χ0) is 16.7. The average molecular weight is 465 g/mol. The number of nitrogens with zero attached hydrogens (tertiary/aromatic N) is 2. The van der Waals surface area contributed by atoms with Crippen molar-refractivity contribution in [3.8, 4) is 0 Å². The summed E-state index contributed by atoms with van der Waals surface area (Å²) in [6, 6.07) is 2.17. The monoisotopic (exact) mass is 465 g/mol. The van der Waals surface area contributed by atoms with Gasteiger partial charge in [-0.25, -0.2) is 0 Å². The van der Waals surface area contributed by atoms with E-state index in [9.17, 15) is 4.79 Å². The molecule has 0 amide bonds. The summed E-state index contributed by atoms with van der Waals surface area (Å²) in [5.74, 6) is 1.32. The highest BCUT2D eigenvalue weighted by atomic mass is 127. The number of hydrogen-bond donors (Lipinski definition) is 1. The Morgan fingerprint density at radius 1 is 1.50 bits per heavy atom. The first-order chi connectivity index (χ1) is 11.2. The highest BCUT2D eigenvalue weighted by Gasteiger charge is 2.27. The van der Waals surface area contributed by atoms with Crippen LogP contribution in [-0.4, -0.2) is 50.1 Å². The molecule has 5 nitrogen and oxygen atoms in total. The van der Waals surface area contributed by atoms with Crippen LogP contribution >= 0.6 is 35.3 Å². The molecule has 0 spiro atoms. The predicted octanol–water partition coefficient (Wildman–Crippen LogP) is 3.32. The molecular weight excluding hydrogens is 437 g/mol. The third kappa shape index (κ3) is 5.91. The molecule has 24 heavy (non-hydrogen) atoms. The van der Waals surface area contributed by atoms with Gasteiger partial charge in [0.25, 0.3) is 0 Å². The van der Waals surface area contributed by atoms with E-state index >= 15 is 0 Å². The van der Waals surface area contributed by atoms with Crippen molar-refractivity contribution < 1.29 is 9.53 Å². The van der Waals surface area contributed by atoms with Gasteiger partial charge in [0.05, 0.1) is 13.0 Å². The highest BCUT2D eigenvalue weighted by molar-refractivity contribution is 14.0. The molecule has 0 saturated carbocycles. The Labute approximate surface area is 165 Å². The second kappa shape index (κ2) is 10.9. The molecule has 2 heterocycles. The first kappa shape index (κ1) is 21.2. The Bertz CT molecular complexity index is 514. The first-order valence-electron chi connectivity index (χ1n) is 8.28. The van der Waals surface area contributed by atoms with Gasteiger partial charge in [0.15, 0.2) is 5.96 Å². The van der Waals surface area contributed by atoms with Gasteiger partial charge in [-0.15, -0.1) is 24.0 Å². The minimum Gasteiger partial charge on any atom is -0.469 e. The number of likely N-dealkylation sites (tertiary alicyclic amines) is 1. The number of carbonyl (C=O) groups is 1. The van der Waals surface area contributed by atoms with Gasteiger partial charge in [0.2, 0.25) is 0 Å². The van der Waals surface area contributed by atoms with Crippen molar-refractivity contribution in [3.05, 3.63) is 22.4 Å². The van der Waals surface area contributed by atoms with Crippen molar-refractivity contribution in [2.45, 2.75) is 32.6 Å². The average Bonchev–Trinajstić information content (AvgIpc) is 3.12. The van der Waals surface area contributed by atoms with Gasteiger partial charge in [-0.3, -0.25) is 9.79 Å². The summed E-state index contributed by atoms with van der Waals surface area (Å²) in [5, 5.41) is 7.67. The van der Waals surface area contributed by atoms with Crippen LogP contribution in [0.1, 0.15) is 38.2 Å². The van der Waals surface area contributed by atoms with E-state index in [1.165, 1.54) is 12.7 Å². The lowest BCUT2D eigenvalue weighted by molar-refractivity contribution is -0.146. The zero-order valence-corrected chi connectivity index (χ0v) is 17.8. The number of rotatable bonds is 5. The van der Waals surface area contributed by atoms with E-state index in [1.807, 2.05) is 0 Å². The summed E-state index contributed by atoms with van der Waals surface area (Å²) in [6.45, 7) is 7.60. The molecule has 2 rings (SSSR count). The van der Waals surface area contributed by atoms with Gasteiger partial charge < -0.3 is 15.0 Å². The van der Waals surface area contributed by atoms with Gasteiger partial charge in [-0.2, -0.15) is 11.3 Å². The van der Waals surface area contributed by atoms with Crippen LogP contribution in [0, 0.1) is 5.92 Å². The smallest absolute Gasteiger partial charge is 0.308 e. The minimum absolute atomic E-state index is 0. The van der Waals surface area contributed by atoms with Gasteiger partial charge in [-0.05, 0) is 42.2 Å². The molecule has 1 atom stereocenters. The lowest BCUT2D eigenvalue weighted by Crippen LogP contribution is -2.46. The summed E-state index contributed by atoms with van der Waals surface area (Å²) in [5.41, 5.74) is 1.35. The fourth-order valence-corrected chi connectivity index (χ4v) is 3.59.